The molecule has 0 saturated heterocycles. The van der Waals surface area contributed by atoms with Gasteiger partial charge in [-0.05, 0) is 103 Å². The third-order valence-electron chi connectivity index (χ3n) is 10.1. The van der Waals surface area contributed by atoms with E-state index in [4.69, 9.17) is 22.9 Å². The number of rotatable bonds is 37. The second-order valence-corrected chi connectivity index (χ2v) is 18.4. The number of aliphatic hydroxyl groups is 1. The molecule has 0 bridgehead atoms. The van der Waals surface area contributed by atoms with Gasteiger partial charge in [0.2, 0.25) is 0 Å². The Morgan fingerprint density at radius 3 is 1.78 bits per heavy atom. The van der Waals surface area contributed by atoms with Crippen molar-refractivity contribution in [3.8, 4) is 0 Å². The predicted molar refractivity (Wildman–Crippen MR) is 243 cm³/mol. The molecule has 1 aromatic rings. The molecule has 2 N–H and O–H groups in total. The zero-order chi connectivity index (χ0) is 44.5. The van der Waals surface area contributed by atoms with Gasteiger partial charge >= 0.3 is 19.8 Å². The van der Waals surface area contributed by atoms with Crippen molar-refractivity contribution in [1.82, 2.24) is 0 Å². The number of ether oxygens (including phenoxy) is 2. The van der Waals surface area contributed by atoms with Crippen molar-refractivity contribution in [2.45, 2.75) is 175 Å². The topological polar surface area (TPSA) is 142 Å². The van der Waals surface area contributed by atoms with Gasteiger partial charge in [-0.2, -0.15) is 0 Å². The summed E-state index contributed by atoms with van der Waals surface area (Å²) in [5, 5.41) is 9.29. The number of aliphatic hydroxyl groups excluding tert-OH is 1. The van der Waals surface area contributed by atoms with Crippen LogP contribution >= 0.6 is 7.82 Å². The zero-order valence-corrected chi connectivity index (χ0v) is 39.4. The summed E-state index contributed by atoms with van der Waals surface area (Å²) >= 11 is 0. The molecule has 0 fully saturated rings. The average Bonchev–Trinajstić information content (AvgIpc) is 3.45. The predicted octanol–water partition coefficient (Wildman–Crippen LogP) is 11.3. The summed E-state index contributed by atoms with van der Waals surface area (Å²) in [7, 11) is 1.39. The van der Waals surface area contributed by atoms with Gasteiger partial charge in [0.25, 0.3) is 0 Å². The Hall–Kier alpha value is -2.79. The Labute approximate surface area is 363 Å². The number of esters is 2. The number of carbonyl (C=O) groups excluding carboxylic acids is 2. The number of aryl methyl sites for hydroxylation is 2. The lowest BCUT2D eigenvalue weighted by atomic mass is 10.0. The highest BCUT2D eigenvalue weighted by Crippen LogP contribution is 2.43. The van der Waals surface area contributed by atoms with Gasteiger partial charge in [0.1, 0.15) is 31.3 Å². The van der Waals surface area contributed by atoms with E-state index in [1.807, 2.05) is 34.1 Å². The molecular formula is C48H83NO10P+. The molecule has 1 unspecified atom stereocenters. The van der Waals surface area contributed by atoms with Crippen LogP contribution in [0.2, 0.25) is 0 Å². The van der Waals surface area contributed by atoms with Crippen LogP contribution in [-0.4, -0.2) is 86.1 Å². The highest BCUT2D eigenvalue weighted by molar-refractivity contribution is 7.47. The zero-order valence-electron chi connectivity index (χ0n) is 38.5. The number of hydrogen-bond acceptors (Lipinski definition) is 9. The van der Waals surface area contributed by atoms with E-state index in [-0.39, 0.29) is 32.2 Å². The lowest BCUT2D eigenvalue weighted by Gasteiger charge is -2.24. The van der Waals surface area contributed by atoms with Gasteiger partial charge in [-0.25, -0.2) is 4.57 Å². The van der Waals surface area contributed by atoms with E-state index in [0.717, 1.165) is 95.0 Å². The van der Waals surface area contributed by atoms with Gasteiger partial charge in [0, 0.05) is 25.7 Å². The van der Waals surface area contributed by atoms with Crippen molar-refractivity contribution in [2.75, 3.05) is 47.5 Å². The fraction of sp³-hybridized carbons (Fsp3) is 0.708. The van der Waals surface area contributed by atoms with Crippen LogP contribution in [0.3, 0.4) is 0 Å². The van der Waals surface area contributed by atoms with E-state index >= 15 is 0 Å². The summed E-state index contributed by atoms with van der Waals surface area (Å²) in [6, 6.07) is 0. The van der Waals surface area contributed by atoms with Crippen molar-refractivity contribution >= 4 is 19.8 Å². The monoisotopic (exact) mass is 865 g/mol. The molecule has 0 aliphatic heterocycles. The number of carbonyl (C=O) groups is 2. The van der Waals surface area contributed by atoms with E-state index < -0.39 is 32.5 Å². The molecule has 11 nitrogen and oxygen atoms in total. The molecule has 0 amide bonds. The lowest BCUT2D eigenvalue weighted by molar-refractivity contribution is -0.870. The number of phosphoric ester groups is 1. The van der Waals surface area contributed by atoms with Crippen LogP contribution in [0.15, 0.2) is 53.0 Å². The molecule has 12 heteroatoms. The van der Waals surface area contributed by atoms with Crippen LogP contribution in [0, 0.1) is 13.8 Å². The van der Waals surface area contributed by atoms with Crippen molar-refractivity contribution < 1.29 is 51.6 Å². The number of phosphoric acid groups is 1. The molecule has 0 saturated carbocycles. The first-order chi connectivity index (χ1) is 28.6. The Balaban J connectivity index is 2.41. The van der Waals surface area contributed by atoms with Crippen molar-refractivity contribution in [3.05, 3.63) is 71.3 Å². The summed E-state index contributed by atoms with van der Waals surface area (Å²) in [6.45, 7) is 8.14. The molecule has 0 aliphatic rings. The van der Waals surface area contributed by atoms with Crippen LogP contribution in [0.25, 0.3) is 0 Å². The Bertz CT molecular complexity index is 1460. The third kappa shape index (κ3) is 31.1. The van der Waals surface area contributed by atoms with Gasteiger partial charge < -0.3 is 28.4 Å². The Morgan fingerprint density at radius 1 is 0.700 bits per heavy atom. The Morgan fingerprint density at radius 2 is 1.22 bits per heavy atom. The van der Waals surface area contributed by atoms with E-state index in [9.17, 15) is 24.2 Å². The number of likely N-dealkylation sites (N-methyl/N-ethyl adjacent to an activating group) is 1. The maximum absolute atomic E-state index is 12.7. The molecule has 0 aromatic carbocycles. The number of furan rings is 1. The number of unbranched alkanes of at least 4 members (excludes halogenated alkanes) is 9. The molecule has 1 rings (SSSR count). The first-order valence-electron chi connectivity index (χ1n) is 22.8. The van der Waals surface area contributed by atoms with Crippen LogP contribution < -0.4 is 0 Å². The molecule has 0 aliphatic carbocycles. The standard InChI is InChI=1S/C48H82NO10P/c1-8-9-27-33-45-42(3)43(4)46(59-45)34-29-24-21-22-25-30-35-47(51)55-39-44(40-57-60(53,54)56-38-37-49(5,6)7)58-48(52)36-31-26-20-18-16-14-12-10-11-13-15-17-19-23-28-32-41(2)50/h11-14,17-20,41,44,50H,8-10,15-16,21-40H2,1-7H3/p+1/b13-11-,14-12-,19-17-,20-18-/t41-,44+/m0/s1. The second-order valence-electron chi connectivity index (χ2n) is 16.9. The fourth-order valence-electron chi connectivity index (χ4n) is 6.20. The average molecular weight is 865 g/mol. The van der Waals surface area contributed by atoms with Crippen molar-refractivity contribution in [1.29, 1.82) is 0 Å². The molecule has 1 aromatic heterocycles. The molecule has 60 heavy (non-hydrogen) atoms. The highest BCUT2D eigenvalue weighted by atomic mass is 31.2. The van der Waals surface area contributed by atoms with E-state index in [1.54, 1.807) is 0 Å². The Kier molecular flexibility index (Phi) is 31.1. The maximum Gasteiger partial charge on any atom is 0.472 e. The SMILES string of the molecule is CCCCCc1oc(CCCCCCCCC(=O)OC[C@H](COP(=O)(O)OCC[N+](C)(C)C)OC(=O)CCC/C=C\C/C=C\C/C=C\C/C=C\CCC[C@H](C)O)c(C)c1C. The van der Waals surface area contributed by atoms with Crippen LogP contribution in [-0.2, 0) is 45.5 Å². The summed E-state index contributed by atoms with van der Waals surface area (Å²) in [5.41, 5.74) is 2.60. The number of hydrogen-bond donors (Lipinski definition) is 2. The molecule has 344 valence electrons. The van der Waals surface area contributed by atoms with Gasteiger partial charge in [-0.3, -0.25) is 18.6 Å². The van der Waals surface area contributed by atoms with Crippen LogP contribution in [0.4, 0.5) is 0 Å². The summed E-state index contributed by atoms with van der Waals surface area (Å²) < 4.78 is 40.5. The summed E-state index contributed by atoms with van der Waals surface area (Å²) in [4.78, 5) is 35.5. The van der Waals surface area contributed by atoms with Gasteiger partial charge in [0.05, 0.1) is 33.9 Å². The van der Waals surface area contributed by atoms with E-state index in [1.165, 1.54) is 30.4 Å². The lowest BCUT2D eigenvalue weighted by Crippen LogP contribution is -2.37. The number of nitrogens with zero attached hydrogens (tertiary/aromatic N) is 1. The first-order valence-corrected chi connectivity index (χ1v) is 24.3. The first kappa shape index (κ1) is 55.2. The molecule has 3 atom stereocenters. The largest absolute Gasteiger partial charge is 0.472 e. The second kappa shape index (κ2) is 33.8. The maximum atomic E-state index is 12.7. The normalized spacial score (nSPS) is 14.5. The molecule has 0 spiro atoms. The third-order valence-corrected chi connectivity index (χ3v) is 11.1. The number of allylic oxidation sites excluding steroid dienone is 8. The van der Waals surface area contributed by atoms with Gasteiger partial charge in [-0.15, -0.1) is 0 Å². The van der Waals surface area contributed by atoms with Gasteiger partial charge in [-0.1, -0.05) is 94.1 Å². The molecule has 0 radical (unpaired) electrons. The minimum atomic E-state index is -4.42. The van der Waals surface area contributed by atoms with E-state index in [2.05, 4.69) is 63.3 Å². The molecular weight excluding hydrogens is 781 g/mol. The van der Waals surface area contributed by atoms with Crippen molar-refractivity contribution in [3.63, 3.8) is 0 Å². The minimum Gasteiger partial charge on any atom is -0.466 e. The quantitative estimate of drug-likeness (QED) is 0.0218. The minimum absolute atomic E-state index is 0.00556. The molecule has 1 heterocycles. The summed E-state index contributed by atoms with van der Waals surface area (Å²) in [5.74, 6) is 1.36. The summed E-state index contributed by atoms with van der Waals surface area (Å²) in [6.07, 6.45) is 34.2. The van der Waals surface area contributed by atoms with Crippen LogP contribution in [0.1, 0.15) is 158 Å². The van der Waals surface area contributed by atoms with Crippen LogP contribution in [0.5, 0.6) is 0 Å². The van der Waals surface area contributed by atoms with E-state index in [0.29, 0.717) is 30.3 Å². The van der Waals surface area contributed by atoms with Crippen molar-refractivity contribution in [2.24, 2.45) is 0 Å². The number of quaternary nitrogens is 1. The van der Waals surface area contributed by atoms with Gasteiger partial charge in [0.15, 0.2) is 6.10 Å². The fourth-order valence-corrected chi connectivity index (χ4v) is 6.94. The smallest absolute Gasteiger partial charge is 0.466 e. The highest BCUT2D eigenvalue weighted by Gasteiger charge is 2.27.